The van der Waals surface area contributed by atoms with Gasteiger partial charge in [-0.25, -0.2) is 0 Å². The van der Waals surface area contributed by atoms with Crippen molar-refractivity contribution in [1.29, 1.82) is 0 Å². The average Bonchev–Trinajstić information content (AvgIpc) is 2.65. The lowest BCUT2D eigenvalue weighted by molar-refractivity contribution is -0.275. The van der Waals surface area contributed by atoms with Gasteiger partial charge in [0.25, 0.3) is 0 Å². The zero-order chi connectivity index (χ0) is 24.4. The normalized spacial score (nSPS) is 10.8. The minimum atomic E-state index is -4.60. The summed E-state index contributed by atoms with van der Waals surface area (Å²) in [4.78, 5) is 0. The molecule has 0 heterocycles. The first-order valence-electron chi connectivity index (χ1n) is 9.42. The number of hydrogen-bond donors (Lipinski definition) is 0. The van der Waals surface area contributed by atoms with Crippen molar-refractivity contribution in [3.63, 3.8) is 0 Å². The number of ether oxygens (including phenoxy) is 2. The van der Waals surface area contributed by atoms with E-state index in [1.807, 2.05) is 0 Å². The fourth-order valence-corrected chi connectivity index (χ4v) is 2.22. The Labute approximate surface area is 183 Å². The second kappa shape index (κ2) is 12.0. The van der Waals surface area contributed by atoms with Crippen LogP contribution in [0, 0.1) is 27.7 Å². The number of rotatable bonds is 2. The van der Waals surface area contributed by atoms with Crippen molar-refractivity contribution in [2.24, 2.45) is 0 Å². The van der Waals surface area contributed by atoms with Gasteiger partial charge in [-0.15, -0.1) is 26.3 Å². The Morgan fingerprint density at radius 2 is 0.969 bits per heavy atom. The van der Waals surface area contributed by atoms with E-state index in [-0.39, 0.29) is 11.5 Å². The molecule has 0 radical (unpaired) electrons. The van der Waals surface area contributed by atoms with Gasteiger partial charge in [-0.2, -0.15) is 0 Å². The summed E-state index contributed by atoms with van der Waals surface area (Å²) in [7, 11) is 0. The van der Waals surface area contributed by atoms with Crippen LogP contribution in [0.3, 0.4) is 0 Å². The maximum atomic E-state index is 11.7. The lowest BCUT2D eigenvalue weighted by Gasteiger charge is -2.08. The lowest BCUT2D eigenvalue weighted by atomic mass is 10.1. The third-order valence-electron chi connectivity index (χ3n) is 3.90. The molecular formula is C24H24F6O2. The van der Waals surface area contributed by atoms with Crippen molar-refractivity contribution in [1.82, 2.24) is 0 Å². The lowest BCUT2D eigenvalue weighted by Crippen LogP contribution is -2.17. The van der Waals surface area contributed by atoms with Crippen LogP contribution in [0.2, 0.25) is 0 Å². The molecule has 0 aliphatic heterocycles. The zero-order valence-corrected chi connectivity index (χ0v) is 18.0. The molecule has 174 valence electrons. The predicted molar refractivity (Wildman–Crippen MR) is 112 cm³/mol. The highest BCUT2D eigenvalue weighted by molar-refractivity contribution is 5.28. The molecule has 0 bridgehead atoms. The van der Waals surface area contributed by atoms with Crippen molar-refractivity contribution in [2.45, 2.75) is 40.4 Å². The summed E-state index contributed by atoms with van der Waals surface area (Å²) in [6.07, 6.45) is -9.21. The molecule has 0 N–H and O–H groups in total. The van der Waals surface area contributed by atoms with Crippen LogP contribution >= 0.6 is 0 Å². The summed E-state index contributed by atoms with van der Waals surface area (Å²) in [6, 6.07) is 19.8. The maximum Gasteiger partial charge on any atom is 0.573 e. The highest BCUT2D eigenvalue weighted by Crippen LogP contribution is 2.23. The van der Waals surface area contributed by atoms with Gasteiger partial charge in [0.15, 0.2) is 0 Å². The summed E-state index contributed by atoms with van der Waals surface area (Å²) in [5, 5.41) is 0. The SMILES string of the molecule is Cc1ccc(OC(F)(F)F)cc1.Cc1cccc(OC(F)(F)F)c1.Cc1ccccc1C. The summed E-state index contributed by atoms with van der Waals surface area (Å²) < 4.78 is 77.2. The first kappa shape index (κ1) is 26.9. The van der Waals surface area contributed by atoms with E-state index in [0.717, 1.165) is 11.1 Å². The van der Waals surface area contributed by atoms with Gasteiger partial charge in [-0.1, -0.05) is 54.1 Å². The van der Waals surface area contributed by atoms with E-state index in [0.29, 0.717) is 0 Å². The van der Waals surface area contributed by atoms with Crippen LogP contribution < -0.4 is 9.47 Å². The molecule has 0 amide bonds. The molecule has 0 aliphatic carbocycles. The molecule has 0 spiro atoms. The van der Waals surface area contributed by atoms with Crippen LogP contribution in [-0.2, 0) is 0 Å². The number of halogens is 6. The summed E-state index contributed by atoms with van der Waals surface area (Å²) in [5.74, 6) is -0.365. The van der Waals surface area contributed by atoms with Gasteiger partial charge >= 0.3 is 12.7 Å². The predicted octanol–water partition coefficient (Wildman–Crippen LogP) is 8.09. The van der Waals surface area contributed by atoms with Gasteiger partial charge in [0.05, 0.1) is 0 Å². The molecule has 3 aromatic rings. The molecule has 0 atom stereocenters. The van der Waals surface area contributed by atoms with Crippen molar-refractivity contribution < 1.29 is 35.8 Å². The molecule has 3 aromatic carbocycles. The highest BCUT2D eigenvalue weighted by atomic mass is 19.4. The smallest absolute Gasteiger partial charge is 0.406 e. The Morgan fingerprint density at radius 3 is 1.38 bits per heavy atom. The quantitative estimate of drug-likeness (QED) is 0.361. The number of alkyl halides is 6. The fraction of sp³-hybridized carbons (Fsp3) is 0.250. The van der Waals surface area contributed by atoms with E-state index in [4.69, 9.17) is 0 Å². The van der Waals surface area contributed by atoms with E-state index >= 15 is 0 Å². The van der Waals surface area contributed by atoms with E-state index in [1.54, 1.807) is 32.0 Å². The second-order valence-electron chi connectivity index (χ2n) is 6.81. The Morgan fingerprint density at radius 1 is 0.500 bits per heavy atom. The van der Waals surface area contributed by atoms with Crippen LogP contribution in [0.1, 0.15) is 22.3 Å². The maximum absolute atomic E-state index is 11.7. The van der Waals surface area contributed by atoms with Crippen molar-refractivity contribution in [3.05, 3.63) is 95.1 Å². The first-order valence-corrected chi connectivity index (χ1v) is 9.42. The van der Waals surface area contributed by atoms with Crippen LogP contribution in [0.15, 0.2) is 72.8 Å². The van der Waals surface area contributed by atoms with Gasteiger partial charge in [0.1, 0.15) is 11.5 Å². The number of hydrogen-bond acceptors (Lipinski definition) is 2. The fourth-order valence-electron chi connectivity index (χ4n) is 2.22. The number of benzene rings is 3. The van der Waals surface area contributed by atoms with Gasteiger partial charge in [-0.05, 0) is 68.7 Å². The second-order valence-corrected chi connectivity index (χ2v) is 6.81. The molecule has 0 aromatic heterocycles. The molecule has 8 heteroatoms. The van der Waals surface area contributed by atoms with Gasteiger partial charge < -0.3 is 9.47 Å². The Hall–Kier alpha value is -3.16. The van der Waals surface area contributed by atoms with E-state index < -0.39 is 12.7 Å². The van der Waals surface area contributed by atoms with Crippen LogP contribution in [0.4, 0.5) is 26.3 Å². The average molecular weight is 458 g/mol. The highest BCUT2D eigenvalue weighted by Gasteiger charge is 2.31. The molecule has 0 aliphatic rings. The standard InChI is InChI=1S/2C8H7F3O.C8H10/c1-6-2-4-7(5-3-6)12-8(9,10)11;1-6-3-2-4-7(5-6)12-8(9,10)11;1-7-5-3-4-6-8(7)2/h2*2-5H,1H3;3-6H,1-2H3. The third kappa shape index (κ3) is 12.5. The Bertz CT molecular complexity index is 927. The summed E-state index contributed by atoms with van der Waals surface area (Å²) >= 11 is 0. The minimum Gasteiger partial charge on any atom is -0.406 e. The summed E-state index contributed by atoms with van der Waals surface area (Å²) in [6.45, 7) is 7.73. The van der Waals surface area contributed by atoms with Crippen LogP contribution in [0.25, 0.3) is 0 Å². The topological polar surface area (TPSA) is 18.5 Å². The van der Waals surface area contributed by atoms with Crippen LogP contribution in [0.5, 0.6) is 11.5 Å². The molecular weight excluding hydrogens is 434 g/mol. The van der Waals surface area contributed by atoms with Crippen LogP contribution in [-0.4, -0.2) is 12.7 Å². The van der Waals surface area contributed by atoms with E-state index in [1.165, 1.54) is 41.5 Å². The Balaban J connectivity index is 0.000000245. The molecule has 0 saturated heterocycles. The Kier molecular flexibility index (Phi) is 10.1. The largest absolute Gasteiger partial charge is 0.573 e. The van der Waals surface area contributed by atoms with Crippen molar-refractivity contribution >= 4 is 0 Å². The molecule has 0 unspecified atom stereocenters. The molecule has 2 nitrogen and oxygen atoms in total. The molecule has 0 fully saturated rings. The van der Waals surface area contributed by atoms with Crippen molar-refractivity contribution in [2.75, 3.05) is 0 Å². The van der Waals surface area contributed by atoms with Gasteiger partial charge in [0, 0.05) is 0 Å². The zero-order valence-electron chi connectivity index (χ0n) is 18.0. The first-order chi connectivity index (χ1) is 14.7. The number of aryl methyl sites for hydroxylation is 4. The minimum absolute atomic E-state index is 0.178. The monoisotopic (exact) mass is 458 g/mol. The van der Waals surface area contributed by atoms with E-state index in [9.17, 15) is 26.3 Å². The van der Waals surface area contributed by atoms with Gasteiger partial charge in [-0.3, -0.25) is 0 Å². The van der Waals surface area contributed by atoms with E-state index in [2.05, 4.69) is 47.6 Å². The molecule has 3 rings (SSSR count). The molecule has 32 heavy (non-hydrogen) atoms. The third-order valence-corrected chi connectivity index (χ3v) is 3.90. The van der Waals surface area contributed by atoms with Gasteiger partial charge in [0.2, 0.25) is 0 Å². The summed E-state index contributed by atoms with van der Waals surface area (Å²) in [5.41, 5.74) is 4.36. The van der Waals surface area contributed by atoms with Crippen molar-refractivity contribution in [3.8, 4) is 11.5 Å². The molecule has 0 saturated carbocycles.